The van der Waals surface area contributed by atoms with Crippen LogP contribution < -0.4 is 22.3 Å². The molecule has 0 heterocycles. The van der Waals surface area contributed by atoms with Gasteiger partial charge in [-0.1, -0.05) is 0 Å². The molecule has 0 aromatic heterocycles. The van der Waals surface area contributed by atoms with Gasteiger partial charge in [0.05, 0.1) is 0 Å². The fourth-order valence-electron chi connectivity index (χ4n) is 0.854. The number of nitrogens with two attached hydrogens (primary N) is 2. The first-order valence-corrected chi connectivity index (χ1v) is 4.23. The minimum Gasteiger partial charge on any atom is -0.369 e. The van der Waals surface area contributed by atoms with Gasteiger partial charge in [-0.3, -0.25) is 10.2 Å². The van der Waals surface area contributed by atoms with E-state index in [1.54, 1.807) is 6.92 Å². The Morgan fingerprint density at radius 3 is 2.69 bits per heavy atom. The molecule has 0 saturated heterocycles. The van der Waals surface area contributed by atoms with Gasteiger partial charge in [0.2, 0.25) is 11.9 Å². The van der Waals surface area contributed by atoms with Gasteiger partial charge in [-0.15, -0.1) is 0 Å². The molecule has 1 atom stereocenters. The van der Waals surface area contributed by atoms with Crippen LogP contribution in [0.1, 0.15) is 19.8 Å². The third-order valence-corrected chi connectivity index (χ3v) is 1.78. The van der Waals surface area contributed by atoms with Crippen molar-refractivity contribution in [1.82, 2.24) is 10.7 Å². The van der Waals surface area contributed by atoms with Gasteiger partial charge in [-0.2, -0.15) is 0 Å². The molecular formula is C7H15N5O. The molecule has 0 aliphatic heterocycles. The van der Waals surface area contributed by atoms with Crippen molar-refractivity contribution < 1.29 is 4.79 Å². The van der Waals surface area contributed by atoms with E-state index in [9.17, 15) is 4.79 Å². The molecule has 6 heteroatoms. The summed E-state index contributed by atoms with van der Waals surface area (Å²) >= 11 is 0. The molecule has 6 nitrogen and oxygen atoms in total. The van der Waals surface area contributed by atoms with Crippen molar-refractivity contribution in [3.8, 4) is 0 Å². The summed E-state index contributed by atoms with van der Waals surface area (Å²) in [5.41, 5.74) is 7.46. The monoisotopic (exact) mass is 185 g/mol. The third kappa shape index (κ3) is 3.29. The average Bonchev–Trinajstić information content (AvgIpc) is 2.87. The SMILES string of the molecule is CC(N=C(N)NN)C(=O)NC1CC1. The summed E-state index contributed by atoms with van der Waals surface area (Å²) in [6, 6.07) is -0.145. The first-order chi connectivity index (χ1) is 6.13. The number of nitrogens with one attached hydrogen (secondary N) is 2. The van der Waals surface area contributed by atoms with Gasteiger partial charge in [0.1, 0.15) is 6.04 Å². The van der Waals surface area contributed by atoms with Crippen LogP contribution in [0.15, 0.2) is 4.99 Å². The molecule has 1 rings (SSSR count). The van der Waals surface area contributed by atoms with E-state index in [0.29, 0.717) is 6.04 Å². The molecule has 74 valence electrons. The number of hydrogen-bond acceptors (Lipinski definition) is 3. The maximum absolute atomic E-state index is 11.3. The zero-order valence-electron chi connectivity index (χ0n) is 7.58. The quantitative estimate of drug-likeness (QED) is 0.184. The van der Waals surface area contributed by atoms with E-state index in [1.165, 1.54) is 0 Å². The predicted molar refractivity (Wildman–Crippen MR) is 49.6 cm³/mol. The van der Waals surface area contributed by atoms with Crippen LogP contribution in [0.25, 0.3) is 0 Å². The minimum atomic E-state index is -0.489. The van der Waals surface area contributed by atoms with Gasteiger partial charge in [0.25, 0.3) is 0 Å². The van der Waals surface area contributed by atoms with E-state index < -0.39 is 6.04 Å². The van der Waals surface area contributed by atoms with Crippen molar-refractivity contribution in [3.05, 3.63) is 0 Å². The molecule has 0 aromatic carbocycles. The van der Waals surface area contributed by atoms with E-state index in [-0.39, 0.29) is 11.9 Å². The zero-order valence-corrected chi connectivity index (χ0v) is 7.58. The van der Waals surface area contributed by atoms with Crippen molar-refractivity contribution in [2.75, 3.05) is 0 Å². The van der Waals surface area contributed by atoms with Gasteiger partial charge >= 0.3 is 0 Å². The Kier molecular flexibility index (Phi) is 3.07. The number of aliphatic imine (C=N–C) groups is 1. The number of carbonyl (C=O) groups excluding carboxylic acids is 1. The molecule has 1 saturated carbocycles. The molecule has 1 aliphatic carbocycles. The molecule has 0 bridgehead atoms. The van der Waals surface area contributed by atoms with Crippen LogP contribution in [0.2, 0.25) is 0 Å². The largest absolute Gasteiger partial charge is 0.369 e. The second kappa shape index (κ2) is 4.08. The Balaban J connectivity index is 2.36. The standard InChI is InChI=1S/C7H15N5O/c1-4(10-7(8)12-9)6(13)11-5-2-3-5/h4-5H,2-3,9H2,1H3,(H,11,13)(H3,8,10,12). The summed E-state index contributed by atoms with van der Waals surface area (Å²) in [4.78, 5) is 15.1. The summed E-state index contributed by atoms with van der Waals surface area (Å²) in [5, 5.41) is 2.81. The number of hydrogen-bond donors (Lipinski definition) is 4. The number of rotatable bonds is 3. The molecule has 1 aliphatic rings. The molecule has 1 amide bonds. The molecule has 13 heavy (non-hydrogen) atoms. The Morgan fingerprint density at radius 1 is 1.62 bits per heavy atom. The van der Waals surface area contributed by atoms with Crippen molar-refractivity contribution in [3.63, 3.8) is 0 Å². The number of amides is 1. The lowest BCUT2D eigenvalue weighted by atomic mass is 10.3. The van der Waals surface area contributed by atoms with Crippen molar-refractivity contribution in [1.29, 1.82) is 0 Å². The van der Waals surface area contributed by atoms with E-state index in [1.807, 2.05) is 0 Å². The van der Waals surface area contributed by atoms with Crippen LogP contribution in [0.3, 0.4) is 0 Å². The van der Waals surface area contributed by atoms with Crippen LogP contribution >= 0.6 is 0 Å². The Bertz CT molecular complexity index is 223. The number of nitrogens with zero attached hydrogens (tertiary/aromatic N) is 1. The topological polar surface area (TPSA) is 106 Å². The Labute approximate surface area is 76.7 Å². The maximum Gasteiger partial charge on any atom is 0.244 e. The number of carbonyl (C=O) groups is 1. The van der Waals surface area contributed by atoms with Gasteiger partial charge < -0.3 is 11.1 Å². The average molecular weight is 185 g/mol. The molecule has 6 N–H and O–H groups in total. The molecule has 0 spiro atoms. The van der Waals surface area contributed by atoms with E-state index >= 15 is 0 Å². The lowest BCUT2D eigenvalue weighted by molar-refractivity contribution is -0.122. The molecule has 1 fully saturated rings. The normalized spacial score (nSPS) is 19.4. The van der Waals surface area contributed by atoms with E-state index in [2.05, 4.69) is 15.7 Å². The summed E-state index contributed by atoms with van der Waals surface area (Å²) in [6.07, 6.45) is 2.12. The fraction of sp³-hybridized carbons (Fsp3) is 0.714. The summed E-state index contributed by atoms with van der Waals surface area (Å²) in [5.74, 6) is 4.95. The predicted octanol–water partition coefficient (Wildman–Crippen LogP) is -1.57. The van der Waals surface area contributed by atoms with Crippen LogP contribution in [0.5, 0.6) is 0 Å². The van der Waals surface area contributed by atoms with Crippen molar-refractivity contribution in [2.45, 2.75) is 31.8 Å². The Hall–Kier alpha value is -1.30. The first-order valence-electron chi connectivity index (χ1n) is 4.23. The highest BCUT2D eigenvalue weighted by atomic mass is 16.2. The molecule has 0 radical (unpaired) electrons. The number of guanidine groups is 1. The van der Waals surface area contributed by atoms with Crippen LogP contribution in [-0.2, 0) is 4.79 Å². The molecule has 0 aromatic rings. The van der Waals surface area contributed by atoms with Gasteiger partial charge in [-0.05, 0) is 19.8 Å². The highest BCUT2D eigenvalue weighted by molar-refractivity contribution is 5.86. The minimum absolute atomic E-state index is 0.0680. The summed E-state index contributed by atoms with van der Waals surface area (Å²) < 4.78 is 0. The second-order valence-electron chi connectivity index (χ2n) is 3.12. The maximum atomic E-state index is 11.3. The van der Waals surface area contributed by atoms with Crippen LogP contribution in [0.4, 0.5) is 0 Å². The van der Waals surface area contributed by atoms with Crippen LogP contribution in [0, 0.1) is 0 Å². The highest BCUT2D eigenvalue weighted by Crippen LogP contribution is 2.18. The van der Waals surface area contributed by atoms with Crippen LogP contribution in [-0.4, -0.2) is 24.0 Å². The molecular weight excluding hydrogens is 170 g/mol. The first kappa shape index (κ1) is 9.79. The Morgan fingerprint density at radius 2 is 2.23 bits per heavy atom. The van der Waals surface area contributed by atoms with Gasteiger partial charge in [0.15, 0.2) is 0 Å². The van der Waals surface area contributed by atoms with Gasteiger partial charge in [0, 0.05) is 6.04 Å². The fourth-order valence-corrected chi connectivity index (χ4v) is 0.854. The lowest BCUT2D eigenvalue weighted by Crippen LogP contribution is -2.40. The zero-order chi connectivity index (χ0) is 9.84. The molecule has 1 unspecified atom stereocenters. The summed E-state index contributed by atoms with van der Waals surface area (Å²) in [6.45, 7) is 1.67. The van der Waals surface area contributed by atoms with Crippen molar-refractivity contribution in [2.24, 2.45) is 16.6 Å². The highest BCUT2D eigenvalue weighted by Gasteiger charge is 2.25. The third-order valence-electron chi connectivity index (χ3n) is 1.78. The smallest absolute Gasteiger partial charge is 0.244 e. The second-order valence-corrected chi connectivity index (χ2v) is 3.12. The summed E-state index contributed by atoms with van der Waals surface area (Å²) in [7, 11) is 0. The van der Waals surface area contributed by atoms with Gasteiger partial charge in [-0.25, -0.2) is 10.8 Å². The van der Waals surface area contributed by atoms with Crippen molar-refractivity contribution >= 4 is 11.9 Å². The van der Waals surface area contributed by atoms with E-state index in [4.69, 9.17) is 11.6 Å². The van der Waals surface area contributed by atoms with E-state index in [0.717, 1.165) is 12.8 Å². The lowest BCUT2D eigenvalue weighted by Gasteiger charge is -2.07. The number of hydrazine groups is 1.